The Morgan fingerprint density at radius 3 is 2.24 bits per heavy atom. The molecule has 2 fully saturated rings. The van der Waals surface area contributed by atoms with E-state index in [2.05, 4.69) is 25.5 Å². The summed E-state index contributed by atoms with van der Waals surface area (Å²) in [6, 6.07) is 0. The van der Waals surface area contributed by atoms with Gasteiger partial charge in [-0.1, -0.05) is 20.8 Å². The summed E-state index contributed by atoms with van der Waals surface area (Å²) in [5, 5.41) is 0. The SMILES string of the molecule is CC1(C)[C@@H]2CC[C@@]1(C)C[C@@H]2OC(=O)C(F)(F)F. The van der Waals surface area contributed by atoms with Gasteiger partial charge in [-0.25, -0.2) is 4.79 Å². The van der Waals surface area contributed by atoms with Crippen LogP contribution in [-0.2, 0) is 9.53 Å². The molecular weight excluding hydrogens is 233 g/mol. The maximum absolute atomic E-state index is 12.2. The average molecular weight is 250 g/mol. The van der Waals surface area contributed by atoms with Crippen LogP contribution in [0.25, 0.3) is 0 Å². The van der Waals surface area contributed by atoms with Gasteiger partial charge < -0.3 is 4.74 Å². The third-order valence-electron chi connectivity index (χ3n) is 5.08. The van der Waals surface area contributed by atoms with Crippen molar-refractivity contribution in [3.05, 3.63) is 0 Å². The average Bonchev–Trinajstić information content (AvgIpc) is 2.46. The summed E-state index contributed by atoms with van der Waals surface area (Å²) in [6.45, 7) is 6.20. The molecule has 0 aromatic rings. The molecule has 2 saturated carbocycles. The summed E-state index contributed by atoms with van der Waals surface area (Å²) in [7, 11) is 0. The van der Waals surface area contributed by atoms with Crippen LogP contribution in [0.1, 0.15) is 40.0 Å². The Labute approximate surface area is 98.5 Å². The van der Waals surface area contributed by atoms with Gasteiger partial charge in [0.25, 0.3) is 0 Å². The maximum Gasteiger partial charge on any atom is 0.490 e. The third kappa shape index (κ3) is 1.74. The summed E-state index contributed by atoms with van der Waals surface area (Å²) in [6.07, 6.45) is -3.05. The van der Waals surface area contributed by atoms with Crippen molar-refractivity contribution in [1.29, 1.82) is 0 Å². The van der Waals surface area contributed by atoms with E-state index in [-0.39, 0.29) is 16.7 Å². The van der Waals surface area contributed by atoms with E-state index >= 15 is 0 Å². The van der Waals surface area contributed by atoms with Crippen molar-refractivity contribution in [3.63, 3.8) is 0 Å². The van der Waals surface area contributed by atoms with Crippen molar-refractivity contribution in [2.24, 2.45) is 16.7 Å². The zero-order valence-corrected chi connectivity index (χ0v) is 10.2. The lowest BCUT2D eigenvalue weighted by molar-refractivity contribution is -0.207. The number of alkyl halides is 3. The minimum Gasteiger partial charge on any atom is -0.455 e. The molecule has 17 heavy (non-hydrogen) atoms. The molecule has 0 radical (unpaired) electrons. The molecule has 5 heteroatoms. The Kier molecular flexibility index (Phi) is 2.53. The molecule has 0 saturated heterocycles. The van der Waals surface area contributed by atoms with Crippen LogP contribution in [0.3, 0.4) is 0 Å². The topological polar surface area (TPSA) is 26.3 Å². The Bertz CT molecular complexity index is 345. The molecule has 2 bridgehead atoms. The van der Waals surface area contributed by atoms with E-state index in [9.17, 15) is 18.0 Å². The predicted molar refractivity (Wildman–Crippen MR) is 55.2 cm³/mol. The molecule has 0 unspecified atom stereocenters. The van der Waals surface area contributed by atoms with Crippen LogP contribution >= 0.6 is 0 Å². The van der Waals surface area contributed by atoms with Gasteiger partial charge in [0, 0.05) is 5.92 Å². The summed E-state index contributed by atoms with van der Waals surface area (Å²) < 4.78 is 41.1. The van der Waals surface area contributed by atoms with Gasteiger partial charge in [0.05, 0.1) is 0 Å². The van der Waals surface area contributed by atoms with Crippen LogP contribution in [0.2, 0.25) is 0 Å². The first-order chi connectivity index (χ1) is 7.58. The van der Waals surface area contributed by atoms with Crippen LogP contribution in [0.15, 0.2) is 0 Å². The van der Waals surface area contributed by atoms with Gasteiger partial charge in [-0.15, -0.1) is 0 Å². The molecule has 0 aliphatic heterocycles. The van der Waals surface area contributed by atoms with Crippen LogP contribution < -0.4 is 0 Å². The van der Waals surface area contributed by atoms with E-state index in [0.717, 1.165) is 12.8 Å². The molecule has 2 aliphatic rings. The zero-order valence-electron chi connectivity index (χ0n) is 10.2. The number of halogens is 3. The van der Waals surface area contributed by atoms with Gasteiger partial charge >= 0.3 is 12.1 Å². The summed E-state index contributed by atoms with van der Waals surface area (Å²) >= 11 is 0. The Morgan fingerprint density at radius 2 is 1.88 bits per heavy atom. The van der Waals surface area contributed by atoms with E-state index in [4.69, 9.17) is 0 Å². The highest BCUT2D eigenvalue weighted by atomic mass is 19.4. The highest BCUT2D eigenvalue weighted by molar-refractivity contribution is 5.75. The first kappa shape index (κ1) is 12.7. The molecule has 2 rings (SSSR count). The second kappa shape index (κ2) is 3.39. The molecule has 2 aliphatic carbocycles. The molecule has 0 N–H and O–H groups in total. The van der Waals surface area contributed by atoms with Gasteiger partial charge in [-0.05, 0) is 30.1 Å². The Morgan fingerprint density at radius 1 is 1.29 bits per heavy atom. The minimum atomic E-state index is -4.88. The summed E-state index contributed by atoms with van der Waals surface area (Å²) in [5.74, 6) is -1.99. The van der Waals surface area contributed by atoms with Gasteiger partial charge in [0.1, 0.15) is 6.10 Å². The van der Waals surface area contributed by atoms with Gasteiger partial charge in [0.15, 0.2) is 0 Å². The largest absolute Gasteiger partial charge is 0.490 e. The molecule has 0 aromatic heterocycles. The molecule has 98 valence electrons. The molecular formula is C12H17F3O2. The fraction of sp³-hybridized carbons (Fsp3) is 0.917. The first-order valence-electron chi connectivity index (χ1n) is 5.86. The fourth-order valence-electron chi connectivity index (χ4n) is 3.53. The Hall–Kier alpha value is -0.740. The number of ether oxygens (including phenoxy) is 1. The highest BCUT2D eigenvalue weighted by Gasteiger charge is 2.62. The second-order valence-electron chi connectivity index (χ2n) is 6.07. The number of rotatable bonds is 1. The number of carbonyl (C=O) groups is 1. The van der Waals surface area contributed by atoms with E-state index in [0.29, 0.717) is 6.42 Å². The third-order valence-corrected chi connectivity index (χ3v) is 5.08. The van der Waals surface area contributed by atoms with Crippen LogP contribution in [0.5, 0.6) is 0 Å². The van der Waals surface area contributed by atoms with E-state index in [1.54, 1.807) is 0 Å². The molecule has 0 spiro atoms. The minimum absolute atomic E-state index is 0.00574. The first-order valence-corrected chi connectivity index (χ1v) is 5.86. The lowest BCUT2D eigenvalue weighted by Gasteiger charge is -2.33. The van der Waals surface area contributed by atoms with Crippen LogP contribution in [0.4, 0.5) is 13.2 Å². The lowest BCUT2D eigenvalue weighted by atomic mass is 9.71. The van der Waals surface area contributed by atoms with Crippen molar-refractivity contribution in [3.8, 4) is 0 Å². The van der Waals surface area contributed by atoms with Gasteiger partial charge in [-0.3, -0.25) is 0 Å². The monoisotopic (exact) mass is 250 g/mol. The van der Waals surface area contributed by atoms with E-state index in [1.807, 2.05) is 0 Å². The van der Waals surface area contributed by atoms with Crippen molar-refractivity contribution in [2.75, 3.05) is 0 Å². The van der Waals surface area contributed by atoms with Crippen molar-refractivity contribution < 1.29 is 22.7 Å². The number of carbonyl (C=O) groups excluding carboxylic acids is 1. The van der Waals surface area contributed by atoms with Crippen LogP contribution in [-0.4, -0.2) is 18.2 Å². The number of esters is 1. The van der Waals surface area contributed by atoms with Crippen molar-refractivity contribution >= 4 is 5.97 Å². The quantitative estimate of drug-likeness (QED) is 0.667. The second-order valence-corrected chi connectivity index (χ2v) is 6.07. The zero-order chi connectivity index (χ0) is 13.1. The molecule has 2 nitrogen and oxygen atoms in total. The van der Waals surface area contributed by atoms with Crippen molar-refractivity contribution in [2.45, 2.75) is 52.3 Å². The fourth-order valence-corrected chi connectivity index (χ4v) is 3.53. The molecule has 0 aromatic carbocycles. The number of hydrogen-bond donors (Lipinski definition) is 0. The highest BCUT2D eigenvalue weighted by Crippen LogP contribution is 2.66. The predicted octanol–water partition coefficient (Wildman–Crippen LogP) is 3.31. The van der Waals surface area contributed by atoms with Crippen LogP contribution in [0, 0.1) is 16.7 Å². The van der Waals surface area contributed by atoms with E-state index < -0.39 is 18.2 Å². The molecule has 0 amide bonds. The lowest BCUT2D eigenvalue weighted by Crippen LogP contribution is -2.34. The van der Waals surface area contributed by atoms with Crippen molar-refractivity contribution in [1.82, 2.24) is 0 Å². The Balaban J connectivity index is 2.11. The maximum atomic E-state index is 12.2. The molecule has 0 heterocycles. The van der Waals surface area contributed by atoms with Gasteiger partial charge in [-0.2, -0.15) is 13.2 Å². The summed E-state index contributed by atoms with van der Waals surface area (Å²) in [4.78, 5) is 10.9. The normalized spacial score (nSPS) is 39.4. The van der Waals surface area contributed by atoms with Gasteiger partial charge in [0.2, 0.25) is 0 Å². The number of hydrogen-bond acceptors (Lipinski definition) is 2. The van der Waals surface area contributed by atoms with E-state index in [1.165, 1.54) is 0 Å². The smallest absolute Gasteiger partial charge is 0.455 e. The number of fused-ring (bicyclic) bond motifs is 2. The summed E-state index contributed by atoms with van der Waals surface area (Å²) in [5.41, 5.74) is -0.0578. The standard InChI is InChI=1S/C12H17F3O2/c1-10(2)7-4-5-11(10,3)6-8(7)17-9(16)12(13,14)15/h7-8H,4-6H2,1-3H3/t7-,8+,11+/m1/s1. The molecule has 3 atom stereocenters.